The van der Waals surface area contributed by atoms with E-state index in [1.165, 1.54) is 12.1 Å². The van der Waals surface area contributed by atoms with Gasteiger partial charge in [0.15, 0.2) is 5.78 Å². The van der Waals surface area contributed by atoms with Crippen LogP contribution in [0.5, 0.6) is 0 Å². The van der Waals surface area contributed by atoms with E-state index >= 15 is 0 Å². The zero-order chi connectivity index (χ0) is 12.4. The molecule has 0 radical (unpaired) electrons. The van der Waals surface area contributed by atoms with E-state index in [1.54, 1.807) is 24.3 Å². The standard InChI is InChI=1S/C13H11NO3/c1-9-2-7-13(15)12(9)8-10-3-5-11(6-4-10)14(16)17/h2-9H,1H3/b12-8+/t9-/m0/s1. The average Bonchev–Trinajstić information content (AvgIpc) is 2.61. The van der Waals surface area contributed by atoms with E-state index in [9.17, 15) is 14.9 Å². The molecule has 0 saturated carbocycles. The van der Waals surface area contributed by atoms with Gasteiger partial charge in [0.25, 0.3) is 5.69 Å². The van der Waals surface area contributed by atoms with Gasteiger partial charge in [0, 0.05) is 23.6 Å². The lowest BCUT2D eigenvalue weighted by Crippen LogP contribution is -1.98. The van der Waals surface area contributed by atoms with E-state index in [0.717, 1.165) is 11.1 Å². The van der Waals surface area contributed by atoms with Gasteiger partial charge < -0.3 is 0 Å². The fourth-order valence-corrected chi connectivity index (χ4v) is 1.73. The van der Waals surface area contributed by atoms with E-state index in [2.05, 4.69) is 0 Å². The number of rotatable bonds is 2. The van der Waals surface area contributed by atoms with Gasteiger partial charge in [-0.15, -0.1) is 0 Å². The second-order valence-corrected chi connectivity index (χ2v) is 3.96. The molecule has 0 bridgehead atoms. The molecule has 17 heavy (non-hydrogen) atoms. The molecule has 1 atom stereocenters. The molecule has 0 amide bonds. The minimum absolute atomic E-state index is 0.0100. The molecule has 2 rings (SSSR count). The van der Waals surface area contributed by atoms with Crippen LogP contribution in [0.1, 0.15) is 12.5 Å². The largest absolute Gasteiger partial charge is 0.290 e. The lowest BCUT2D eigenvalue weighted by atomic mass is 10.0. The van der Waals surface area contributed by atoms with E-state index in [4.69, 9.17) is 0 Å². The summed E-state index contributed by atoms with van der Waals surface area (Å²) in [6.45, 7) is 1.94. The van der Waals surface area contributed by atoms with Crippen LogP contribution in [0.15, 0.2) is 42.0 Å². The summed E-state index contributed by atoms with van der Waals surface area (Å²) >= 11 is 0. The van der Waals surface area contributed by atoms with Crippen LogP contribution in [-0.4, -0.2) is 10.7 Å². The van der Waals surface area contributed by atoms with Gasteiger partial charge >= 0.3 is 0 Å². The van der Waals surface area contributed by atoms with Crippen molar-refractivity contribution in [1.29, 1.82) is 0 Å². The van der Waals surface area contributed by atoms with Gasteiger partial charge in [-0.25, -0.2) is 0 Å². The minimum atomic E-state index is -0.443. The van der Waals surface area contributed by atoms with E-state index in [-0.39, 0.29) is 17.4 Å². The van der Waals surface area contributed by atoms with Crippen LogP contribution in [0, 0.1) is 16.0 Å². The van der Waals surface area contributed by atoms with E-state index < -0.39 is 4.92 Å². The smallest absolute Gasteiger partial charge is 0.269 e. The summed E-state index contributed by atoms with van der Waals surface area (Å²) in [5, 5.41) is 10.5. The molecule has 0 heterocycles. The Morgan fingerprint density at radius 1 is 1.29 bits per heavy atom. The fourth-order valence-electron chi connectivity index (χ4n) is 1.73. The normalized spacial score (nSPS) is 21.1. The third-order valence-electron chi connectivity index (χ3n) is 2.74. The summed E-state index contributed by atoms with van der Waals surface area (Å²) in [4.78, 5) is 21.5. The maximum atomic E-state index is 11.5. The number of non-ortho nitro benzene ring substituents is 1. The number of benzene rings is 1. The van der Waals surface area contributed by atoms with Crippen molar-refractivity contribution in [3.63, 3.8) is 0 Å². The Morgan fingerprint density at radius 3 is 2.41 bits per heavy atom. The maximum Gasteiger partial charge on any atom is 0.269 e. The molecular weight excluding hydrogens is 218 g/mol. The number of ketones is 1. The highest BCUT2D eigenvalue weighted by Gasteiger charge is 2.18. The summed E-state index contributed by atoms with van der Waals surface area (Å²) in [5.41, 5.74) is 1.57. The van der Waals surface area contributed by atoms with Crippen molar-refractivity contribution in [2.45, 2.75) is 6.92 Å². The van der Waals surface area contributed by atoms with Crippen molar-refractivity contribution in [1.82, 2.24) is 0 Å². The molecule has 1 aromatic carbocycles. The molecule has 0 saturated heterocycles. The molecule has 0 unspecified atom stereocenters. The van der Waals surface area contributed by atoms with Gasteiger partial charge in [0.1, 0.15) is 0 Å². The van der Waals surface area contributed by atoms with Crippen molar-refractivity contribution < 1.29 is 9.72 Å². The number of nitro benzene ring substituents is 1. The molecule has 1 aliphatic rings. The van der Waals surface area contributed by atoms with Crippen LogP contribution in [0.2, 0.25) is 0 Å². The number of hydrogen-bond acceptors (Lipinski definition) is 3. The Bertz CT molecular complexity index is 526. The molecule has 0 aliphatic heterocycles. The van der Waals surface area contributed by atoms with Crippen LogP contribution in [0.25, 0.3) is 6.08 Å². The van der Waals surface area contributed by atoms with Crippen molar-refractivity contribution in [2.24, 2.45) is 5.92 Å². The molecule has 0 aromatic heterocycles. The monoisotopic (exact) mass is 229 g/mol. The molecular formula is C13H11NO3. The van der Waals surface area contributed by atoms with Crippen LogP contribution >= 0.6 is 0 Å². The Morgan fingerprint density at radius 2 is 1.94 bits per heavy atom. The number of hydrogen-bond donors (Lipinski definition) is 0. The highest BCUT2D eigenvalue weighted by Crippen LogP contribution is 2.24. The summed E-state index contributed by atoms with van der Waals surface area (Å²) < 4.78 is 0. The first-order valence-electron chi connectivity index (χ1n) is 5.26. The van der Waals surface area contributed by atoms with Gasteiger partial charge in [-0.05, 0) is 29.8 Å². The number of carbonyl (C=O) groups is 1. The predicted molar refractivity (Wildman–Crippen MR) is 64.4 cm³/mol. The average molecular weight is 229 g/mol. The van der Waals surface area contributed by atoms with E-state index in [1.807, 2.05) is 13.0 Å². The summed E-state index contributed by atoms with van der Waals surface area (Å²) in [5.74, 6) is 0.119. The maximum absolute atomic E-state index is 11.5. The minimum Gasteiger partial charge on any atom is -0.290 e. The Hall–Kier alpha value is -2.23. The SMILES string of the molecule is C[C@H]1C=CC(=O)/C1=C/c1ccc([N+](=O)[O-])cc1. The lowest BCUT2D eigenvalue weighted by Gasteiger charge is -2.02. The van der Waals surface area contributed by atoms with Crippen molar-refractivity contribution >= 4 is 17.5 Å². The highest BCUT2D eigenvalue weighted by molar-refractivity contribution is 6.10. The van der Waals surface area contributed by atoms with Crippen LogP contribution in [-0.2, 0) is 4.79 Å². The molecule has 0 N–H and O–H groups in total. The first-order chi connectivity index (χ1) is 8.08. The highest BCUT2D eigenvalue weighted by atomic mass is 16.6. The molecule has 4 nitrogen and oxygen atoms in total. The van der Waals surface area contributed by atoms with Gasteiger partial charge in [-0.1, -0.05) is 13.0 Å². The Labute approximate surface area is 98.4 Å². The van der Waals surface area contributed by atoms with Crippen LogP contribution < -0.4 is 0 Å². The number of carbonyl (C=O) groups excluding carboxylic acids is 1. The third-order valence-corrected chi connectivity index (χ3v) is 2.74. The second kappa shape index (κ2) is 4.33. The number of nitrogens with zero attached hydrogens (tertiary/aromatic N) is 1. The quantitative estimate of drug-likeness (QED) is 0.445. The zero-order valence-corrected chi connectivity index (χ0v) is 9.29. The first kappa shape index (κ1) is 11.3. The van der Waals surface area contributed by atoms with Crippen molar-refractivity contribution in [3.05, 3.63) is 57.7 Å². The van der Waals surface area contributed by atoms with Crippen LogP contribution in [0.4, 0.5) is 5.69 Å². The van der Waals surface area contributed by atoms with Gasteiger partial charge in [0.2, 0.25) is 0 Å². The molecule has 0 fully saturated rings. The predicted octanol–water partition coefficient (Wildman–Crippen LogP) is 2.75. The summed E-state index contributed by atoms with van der Waals surface area (Å²) in [7, 11) is 0. The molecule has 1 aromatic rings. The van der Waals surface area contributed by atoms with Gasteiger partial charge in [-0.2, -0.15) is 0 Å². The van der Waals surface area contributed by atoms with E-state index in [0.29, 0.717) is 0 Å². The van der Waals surface area contributed by atoms with Gasteiger partial charge in [-0.3, -0.25) is 14.9 Å². The Kier molecular flexibility index (Phi) is 2.87. The Balaban J connectivity index is 2.27. The fraction of sp³-hybridized carbons (Fsp3) is 0.154. The molecule has 1 aliphatic carbocycles. The third kappa shape index (κ3) is 2.30. The lowest BCUT2D eigenvalue weighted by molar-refractivity contribution is -0.384. The molecule has 0 spiro atoms. The number of allylic oxidation sites excluding steroid dienone is 3. The summed E-state index contributed by atoms with van der Waals surface area (Å²) in [6.07, 6.45) is 5.18. The second-order valence-electron chi connectivity index (χ2n) is 3.96. The van der Waals surface area contributed by atoms with Gasteiger partial charge in [0.05, 0.1) is 4.92 Å². The number of nitro groups is 1. The zero-order valence-electron chi connectivity index (χ0n) is 9.29. The summed E-state index contributed by atoms with van der Waals surface area (Å²) in [6, 6.07) is 6.15. The molecule has 4 heteroatoms. The van der Waals surface area contributed by atoms with Crippen LogP contribution in [0.3, 0.4) is 0 Å². The van der Waals surface area contributed by atoms with Crippen molar-refractivity contribution in [3.8, 4) is 0 Å². The van der Waals surface area contributed by atoms with Crippen molar-refractivity contribution in [2.75, 3.05) is 0 Å². The topological polar surface area (TPSA) is 60.2 Å². The molecule has 86 valence electrons. The first-order valence-corrected chi connectivity index (χ1v) is 5.26.